The number of benzene rings is 4. The van der Waals surface area contributed by atoms with Crippen molar-refractivity contribution in [3.8, 4) is 0 Å². The first kappa shape index (κ1) is 48.4. The van der Waals surface area contributed by atoms with Crippen LogP contribution < -0.4 is 5.32 Å². The van der Waals surface area contributed by atoms with Gasteiger partial charge in [0.2, 0.25) is 5.91 Å². The maximum absolute atomic E-state index is 13.2. The zero-order chi connectivity index (χ0) is 45.2. The van der Waals surface area contributed by atoms with Crippen LogP contribution in [0.3, 0.4) is 0 Å². The van der Waals surface area contributed by atoms with Crippen LogP contribution in [0.1, 0.15) is 94.3 Å². The topological polar surface area (TPSA) is 129 Å². The van der Waals surface area contributed by atoms with Crippen molar-refractivity contribution in [1.82, 2.24) is 5.32 Å². The van der Waals surface area contributed by atoms with Crippen molar-refractivity contribution in [3.05, 3.63) is 144 Å². The number of rotatable bonds is 23. The van der Waals surface area contributed by atoms with E-state index in [0.29, 0.717) is 26.2 Å². The minimum absolute atomic E-state index is 0.145. The third-order valence-corrected chi connectivity index (χ3v) is 12.2. The predicted molar refractivity (Wildman–Crippen MR) is 244 cm³/mol. The van der Waals surface area contributed by atoms with Gasteiger partial charge >= 0.3 is 5.97 Å². The molecule has 65 heavy (non-hydrogen) atoms. The molecule has 0 unspecified atom stereocenters. The van der Waals surface area contributed by atoms with E-state index in [9.17, 15) is 9.59 Å². The SMILES string of the molecule is CCCCCCCCO[C@@H]1O[C@H](COCc2ccccc2)[C@@H](OCc2ccccc2)[C@H](O[C@H]2C[C@@H]3CO[C@@H](c4ccccc4)O[C@H]3[C@H](OCc3ccccc3)[C@@H]2OC(C)=O)[C@H]1NC(C)=O. The molecule has 2 saturated heterocycles. The van der Waals surface area contributed by atoms with Gasteiger partial charge in [0.05, 0.1) is 45.2 Å². The molecule has 7 rings (SSSR count). The van der Waals surface area contributed by atoms with E-state index in [4.69, 9.17) is 42.6 Å². The van der Waals surface area contributed by atoms with Gasteiger partial charge < -0.3 is 47.9 Å². The maximum atomic E-state index is 13.2. The van der Waals surface area contributed by atoms with E-state index >= 15 is 0 Å². The van der Waals surface area contributed by atoms with E-state index in [1.807, 2.05) is 121 Å². The molecule has 3 fully saturated rings. The summed E-state index contributed by atoms with van der Waals surface area (Å²) >= 11 is 0. The number of hydrogen-bond donors (Lipinski definition) is 1. The molecule has 4 aromatic carbocycles. The van der Waals surface area contributed by atoms with Crippen LogP contribution in [0.4, 0.5) is 0 Å². The molecule has 1 amide bonds. The highest BCUT2D eigenvalue weighted by molar-refractivity contribution is 5.73. The molecule has 0 aromatic heterocycles. The fraction of sp³-hybridized carbons (Fsp3) is 0.509. The van der Waals surface area contributed by atoms with Gasteiger partial charge in [0.15, 0.2) is 18.7 Å². The molecule has 4 aromatic rings. The molecular formula is C53H67NO11. The van der Waals surface area contributed by atoms with Crippen LogP contribution in [0.5, 0.6) is 0 Å². The Morgan fingerprint density at radius 1 is 0.646 bits per heavy atom. The Morgan fingerprint density at radius 2 is 1.23 bits per heavy atom. The van der Waals surface area contributed by atoms with Crippen molar-refractivity contribution in [1.29, 1.82) is 0 Å². The summed E-state index contributed by atoms with van der Waals surface area (Å²) < 4.78 is 60.3. The van der Waals surface area contributed by atoms with Gasteiger partial charge in [0.25, 0.3) is 0 Å². The van der Waals surface area contributed by atoms with Crippen LogP contribution >= 0.6 is 0 Å². The largest absolute Gasteiger partial charge is 0.457 e. The molecule has 3 aliphatic rings. The zero-order valence-corrected chi connectivity index (χ0v) is 38.1. The van der Waals surface area contributed by atoms with Crippen LogP contribution in [-0.2, 0) is 72.0 Å². The number of amides is 1. The first-order valence-electron chi connectivity index (χ1n) is 23.5. The highest BCUT2D eigenvalue weighted by Crippen LogP contribution is 2.42. The third kappa shape index (κ3) is 14.2. The monoisotopic (exact) mass is 893 g/mol. The first-order chi connectivity index (χ1) is 31.9. The molecular weight excluding hydrogens is 827 g/mol. The Morgan fingerprint density at radius 3 is 1.85 bits per heavy atom. The van der Waals surface area contributed by atoms with E-state index in [0.717, 1.165) is 41.5 Å². The van der Waals surface area contributed by atoms with Crippen molar-refractivity contribution in [3.63, 3.8) is 0 Å². The van der Waals surface area contributed by atoms with E-state index in [2.05, 4.69) is 12.2 Å². The Kier molecular flexibility index (Phi) is 18.9. The Hall–Kier alpha value is -4.50. The standard InChI is InChI=1S/C53H67NO11/c1-4-5-6-7-8-21-30-58-53-46(54-37(2)55)50(48(59-33-40-24-15-10-16-25-40)45(64-53)36-57-32-39-22-13-9-14-23-39)63-44-31-43-35-61-52(42-28-19-12-20-29-42)65-47(43)51(49(44)62-38(3)56)60-34-41-26-17-11-18-27-41/h9-20,22-29,43-53H,4-8,21,30-36H2,1-3H3,(H,54,55)/t43-,44+,45-,46-,47-,48-,49-,50-,51+,52-,53-/m1/s1. The van der Waals surface area contributed by atoms with Crippen molar-refractivity contribution in [2.75, 3.05) is 19.8 Å². The Labute approximate surface area is 384 Å². The predicted octanol–water partition coefficient (Wildman–Crippen LogP) is 8.80. The van der Waals surface area contributed by atoms with Crippen molar-refractivity contribution in [2.45, 2.75) is 147 Å². The van der Waals surface area contributed by atoms with E-state index in [1.54, 1.807) is 0 Å². The van der Waals surface area contributed by atoms with Gasteiger partial charge in [-0.1, -0.05) is 160 Å². The molecule has 0 radical (unpaired) electrons. The van der Waals surface area contributed by atoms with Gasteiger partial charge in [-0.2, -0.15) is 0 Å². The van der Waals surface area contributed by atoms with E-state index in [-0.39, 0.29) is 31.6 Å². The van der Waals surface area contributed by atoms with Crippen LogP contribution in [0, 0.1) is 5.92 Å². The summed E-state index contributed by atoms with van der Waals surface area (Å²) in [5, 5.41) is 3.14. The number of nitrogens with one attached hydrogen (secondary N) is 1. The minimum Gasteiger partial charge on any atom is -0.457 e. The first-order valence-corrected chi connectivity index (χ1v) is 23.5. The number of ether oxygens (including phenoxy) is 9. The van der Waals surface area contributed by atoms with Gasteiger partial charge in [-0.05, 0) is 29.5 Å². The Bertz CT molecular complexity index is 1980. The molecule has 1 N–H and O–H groups in total. The second kappa shape index (κ2) is 25.4. The average Bonchev–Trinajstić information content (AvgIpc) is 3.32. The van der Waals surface area contributed by atoms with Crippen molar-refractivity contribution in [2.24, 2.45) is 5.92 Å². The smallest absolute Gasteiger partial charge is 0.303 e. The molecule has 2 aliphatic heterocycles. The lowest BCUT2D eigenvalue weighted by Crippen LogP contribution is -2.68. The van der Waals surface area contributed by atoms with Gasteiger partial charge in [0.1, 0.15) is 30.5 Å². The van der Waals surface area contributed by atoms with E-state index < -0.39 is 67.3 Å². The molecule has 0 spiro atoms. The molecule has 350 valence electrons. The fourth-order valence-electron chi connectivity index (χ4n) is 9.04. The van der Waals surface area contributed by atoms with Gasteiger partial charge in [-0.15, -0.1) is 0 Å². The molecule has 1 aliphatic carbocycles. The summed E-state index contributed by atoms with van der Waals surface area (Å²) in [6.07, 6.45) is 0.0511. The highest BCUT2D eigenvalue weighted by atomic mass is 16.7. The second-order valence-electron chi connectivity index (χ2n) is 17.3. The summed E-state index contributed by atoms with van der Waals surface area (Å²) in [4.78, 5) is 26.4. The molecule has 12 nitrogen and oxygen atoms in total. The second-order valence-corrected chi connectivity index (χ2v) is 17.3. The number of carbonyl (C=O) groups excluding carboxylic acids is 2. The van der Waals surface area contributed by atoms with Crippen molar-refractivity contribution >= 4 is 11.9 Å². The summed E-state index contributed by atoms with van der Waals surface area (Å²) in [6, 6.07) is 38.7. The van der Waals surface area contributed by atoms with Crippen LogP contribution in [0.15, 0.2) is 121 Å². The molecule has 1 saturated carbocycles. The summed E-state index contributed by atoms with van der Waals surface area (Å²) in [5.74, 6) is -0.983. The number of unbranched alkanes of at least 4 members (excludes halogenated alkanes) is 5. The number of carbonyl (C=O) groups is 2. The van der Waals surface area contributed by atoms with Gasteiger partial charge in [0, 0.05) is 31.9 Å². The molecule has 12 heteroatoms. The minimum atomic E-state index is -0.919. The number of esters is 1. The molecule has 0 bridgehead atoms. The lowest BCUT2D eigenvalue weighted by molar-refractivity contribution is -0.324. The average molecular weight is 894 g/mol. The summed E-state index contributed by atoms with van der Waals surface area (Å²) in [5.41, 5.74) is 3.79. The normalized spacial score (nSPS) is 27.6. The highest BCUT2D eigenvalue weighted by Gasteiger charge is 2.55. The van der Waals surface area contributed by atoms with Gasteiger partial charge in [-0.3, -0.25) is 9.59 Å². The number of hydrogen-bond acceptors (Lipinski definition) is 11. The maximum Gasteiger partial charge on any atom is 0.303 e. The molecule has 2 heterocycles. The fourth-order valence-corrected chi connectivity index (χ4v) is 9.04. The lowest BCUT2D eigenvalue weighted by atomic mass is 9.79. The van der Waals surface area contributed by atoms with Crippen LogP contribution in [0.2, 0.25) is 0 Å². The number of fused-ring (bicyclic) bond motifs is 1. The van der Waals surface area contributed by atoms with Crippen LogP contribution in [0.25, 0.3) is 0 Å². The quantitative estimate of drug-likeness (QED) is 0.0567. The van der Waals surface area contributed by atoms with E-state index in [1.165, 1.54) is 33.1 Å². The Balaban J connectivity index is 1.22. The summed E-state index contributed by atoms with van der Waals surface area (Å²) in [6.45, 7) is 6.79. The lowest BCUT2D eigenvalue weighted by Gasteiger charge is -2.52. The molecule has 11 atom stereocenters. The summed E-state index contributed by atoms with van der Waals surface area (Å²) in [7, 11) is 0. The zero-order valence-electron chi connectivity index (χ0n) is 38.1. The van der Waals surface area contributed by atoms with Gasteiger partial charge in [-0.25, -0.2) is 0 Å². The van der Waals surface area contributed by atoms with Crippen molar-refractivity contribution < 1.29 is 52.2 Å². The van der Waals surface area contributed by atoms with Crippen LogP contribution in [-0.4, -0.2) is 86.8 Å². The third-order valence-electron chi connectivity index (χ3n) is 12.2.